The summed E-state index contributed by atoms with van der Waals surface area (Å²) in [6.45, 7) is 9.25. The number of rotatable bonds is 17. The lowest BCUT2D eigenvalue weighted by molar-refractivity contribution is 1.06. The minimum Gasteiger partial charge on any atom is -0.324 e. The van der Waals surface area contributed by atoms with Gasteiger partial charge >= 0.3 is 0 Å². The van der Waals surface area contributed by atoms with Gasteiger partial charge in [0.1, 0.15) is 0 Å². The topological polar surface area (TPSA) is 201 Å². The van der Waals surface area contributed by atoms with Gasteiger partial charge in [-0.15, -0.1) is 23.5 Å². The fourth-order valence-corrected chi connectivity index (χ4v) is 9.10. The number of thioether (sulfide) groups is 2. The van der Waals surface area contributed by atoms with Crippen LogP contribution in [0.1, 0.15) is 16.7 Å². The van der Waals surface area contributed by atoms with Crippen molar-refractivity contribution in [3.05, 3.63) is 246 Å². The van der Waals surface area contributed by atoms with Crippen molar-refractivity contribution < 1.29 is 0 Å². The standard InChI is InChI=1S/C42H27N9.C24H24N6S2/c1-45-36-18-10-32(11-19-36)35-16-24-39(25-17-35)48-42-50-40(46-37-20-12-33(13-21-37)30-6-2-28(26-43)3-7-30)49-41(51-42)47-38-22-14-34(15-23-38)31-8-4-29(27-44)5-9-31;1-16-4-6-17(7-5-16)25-22-28-23(26-18-8-12-20(31-2)13-9-18)30-24(29-22)27-19-10-14-21(32-3)15-11-19/h2-25H,(H3,46,47,48,49,50,51);4-15H,1-3H3,(H3,25,26,27,28,29,30). The van der Waals surface area contributed by atoms with Gasteiger partial charge in [0.25, 0.3) is 0 Å². The Labute approximate surface area is 489 Å². The van der Waals surface area contributed by atoms with Crippen molar-refractivity contribution in [3.8, 4) is 45.5 Å². The molecule has 0 saturated carbocycles. The molecule has 2 heterocycles. The second-order valence-electron chi connectivity index (χ2n) is 18.5. The Balaban J connectivity index is 0.000000206. The maximum Gasteiger partial charge on any atom is 0.233 e. The number of benzene rings is 9. The van der Waals surface area contributed by atoms with Gasteiger partial charge in [-0.05, 0) is 174 Å². The number of hydrogen-bond donors (Lipinski definition) is 6. The van der Waals surface area contributed by atoms with Crippen LogP contribution in [-0.2, 0) is 0 Å². The average molecular weight is 1120 g/mol. The Morgan fingerprint density at radius 2 is 0.542 bits per heavy atom. The molecule has 9 aromatic carbocycles. The third kappa shape index (κ3) is 15.2. The zero-order valence-electron chi connectivity index (χ0n) is 45.1. The lowest BCUT2D eigenvalue weighted by Crippen LogP contribution is -2.07. The van der Waals surface area contributed by atoms with Crippen molar-refractivity contribution in [3.63, 3.8) is 0 Å². The van der Waals surface area contributed by atoms with Crippen LogP contribution in [0.15, 0.2) is 228 Å². The van der Waals surface area contributed by atoms with Gasteiger partial charge in [-0.2, -0.15) is 40.4 Å². The summed E-state index contributed by atoms with van der Waals surface area (Å²) in [5.41, 5.74) is 14.2. The Morgan fingerprint density at radius 3 is 0.771 bits per heavy atom. The van der Waals surface area contributed by atoms with Crippen molar-refractivity contribution in [2.24, 2.45) is 0 Å². The minimum atomic E-state index is 0.340. The quantitative estimate of drug-likeness (QED) is 0.0371. The van der Waals surface area contributed by atoms with Crippen molar-refractivity contribution in [1.82, 2.24) is 29.9 Å². The summed E-state index contributed by atoms with van der Waals surface area (Å²) in [5, 5.41) is 38.0. The number of hydrogen-bond acceptors (Lipinski definition) is 16. The number of nitrogens with zero attached hydrogens (tertiary/aromatic N) is 9. The van der Waals surface area contributed by atoms with Crippen LogP contribution in [0.2, 0.25) is 0 Å². The van der Waals surface area contributed by atoms with E-state index in [-0.39, 0.29) is 0 Å². The molecule has 0 spiro atoms. The maximum absolute atomic E-state index is 9.12. The number of nitrogens with one attached hydrogen (secondary N) is 6. The molecule has 0 bridgehead atoms. The molecule has 83 heavy (non-hydrogen) atoms. The van der Waals surface area contributed by atoms with Gasteiger partial charge < -0.3 is 31.9 Å². The molecule has 0 aliphatic carbocycles. The highest BCUT2D eigenvalue weighted by atomic mass is 32.2. The van der Waals surface area contributed by atoms with Crippen LogP contribution >= 0.6 is 23.5 Å². The lowest BCUT2D eigenvalue weighted by Gasteiger charge is -2.13. The fraction of sp³-hybridized carbons (Fsp3) is 0.0455. The largest absolute Gasteiger partial charge is 0.324 e. The van der Waals surface area contributed by atoms with Gasteiger partial charge in [-0.3, -0.25) is 0 Å². The van der Waals surface area contributed by atoms with Gasteiger partial charge in [-0.1, -0.05) is 103 Å². The molecule has 402 valence electrons. The summed E-state index contributed by atoms with van der Waals surface area (Å²) in [4.78, 5) is 33.6. The highest BCUT2D eigenvalue weighted by molar-refractivity contribution is 7.98. The van der Waals surface area contributed by atoms with E-state index in [4.69, 9.17) is 17.1 Å². The lowest BCUT2D eigenvalue weighted by atomic mass is 10.0. The summed E-state index contributed by atoms with van der Waals surface area (Å²) in [6, 6.07) is 74.8. The molecular weight excluding hydrogens is 1070 g/mol. The molecule has 0 atom stereocenters. The minimum absolute atomic E-state index is 0.340. The van der Waals surface area contributed by atoms with Crippen LogP contribution in [-0.4, -0.2) is 42.4 Å². The van der Waals surface area contributed by atoms with Crippen LogP contribution in [0, 0.1) is 36.2 Å². The molecule has 0 aliphatic rings. The zero-order valence-corrected chi connectivity index (χ0v) is 46.8. The highest BCUT2D eigenvalue weighted by Crippen LogP contribution is 2.30. The number of nitriles is 2. The normalized spacial score (nSPS) is 10.4. The third-order valence-electron chi connectivity index (χ3n) is 12.7. The number of anilines is 12. The Morgan fingerprint density at radius 1 is 0.325 bits per heavy atom. The molecule has 11 rings (SSSR count). The molecule has 2 aromatic heterocycles. The van der Waals surface area contributed by atoms with Crippen molar-refractivity contribution >= 4 is 99.0 Å². The Kier molecular flexibility index (Phi) is 17.8. The molecule has 11 aromatic rings. The van der Waals surface area contributed by atoms with Crippen LogP contribution in [0.4, 0.5) is 75.5 Å². The summed E-state index contributed by atoms with van der Waals surface area (Å²) in [6.07, 6.45) is 4.11. The molecule has 0 aliphatic heterocycles. The van der Waals surface area contributed by atoms with E-state index in [1.54, 1.807) is 47.8 Å². The van der Waals surface area contributed by atoms with Gasteiger partial charge in [0.05, 0.1) is 29.8 Å². The van der Waals surface area contributed by atoms with Crippen molar-refractivity contribution in [2.45, 2.75) is 16.7 Å². The van der Waals surface area contributed by atoms with Crippen LogP contribution < -0.4 is 31.9 Å². The van der Waals surface area contributed by atoms with Crippen LogP contribution in [0.5, 0.6) is 0 Å². The first kappa shape index (κ1) is 55.3. The molecule has 0 amide bonds. The summed E-state index contributed by atoms with van der Waals surface area (Å²) >= 11 is 3.41. The van der Waals surface area contributed by atoms with E-state index < -0.39 is 0 Å². The van der Waals surface area contributed by atoms with E-state index in [1.165, 1.54) is 15.4 Å². The van der Waals surface area contributed by atoms with E-state index in [9.17, 15) is 0 Å². The van der Waals surface area contributed by atoms with Crippen LogP contribution in [0.3, 0.4) is 0 Å². The first-order valence-electron chi connectivity index (χ1n) is 25.9. The first-order valence-corrected chi connectivity index (χ1v) is 28.4. The van der Waals surface area contributed by atoms with E-state index in [1.807, 2.05) is 170 Å². The molecule has 0 radical (unpaired) electrons. The summed E-state index contributed by atoms with van der Waals surface area (Å²) in [5.74, 6) is 2.38. The summed E-state index contributed by atoms with van der Waals surface area (Å²) < 4.78 is 0. The highest BCUT2D eigenvalue weighted by Gasteiger charge is 2.12. The van der Waals surface area contributed by atoms with Crippen LogP contribution in [0.25, 0.3) is 38.2 Å². The van der Waals surface area contributed by atoms with Crippen molar-refractivity contribution in [2.75, 3.05) is 44.4 Å². The number of aryl methyl sites for hydroxylation is 1. The smallest absolute Gasteiger partial charge is 0.233 e. The molecule has 0 fully saturated rings. The van der Waals surface area contributed by atoms with Crippen molar-refractivity contribution in [1.29, 1.82) is 10.5 Å². The second-order valence-corrected chi connectivity index (χ2v) is 20.2. The van der Waals surface area contributed by atoms with E-state index in [0.717, 1.165) is 67.5 Å². The predicted octanol–water partition coefficient (Wildman–Crippen LogP) is 17.3. The number of aromatic nitrogens is 6. The zero-order chi connectivity index (χ0) is 57.3. The predicted molar refractivity (Wildman–Crippen MR) is 338 cm³/mol. The van der Waals surface area contributed by atoms with Gasteiger partial charge in [0.15, 0.2) is 5.69 Å². The molecule has 15 nitrogen and oxygen atoms in total. The molecule has 0 unspecified atom stereocenters. The fourth-order valence-electron chi connectivity index (χ4n) is 8.29. The van der Waals surface area contributed by atoms with Gasteiger partial charge in [0, 0.05) is 43.9 Å². The van der Waals surface area contributed by atoms with E-state index >= 15 is 0 Å². The van der Waals surface area contributed by atoms with Gasteiger partial charge in [-0.25, -0.2) is 4.85 Å². The second kappa shape index (κ2) is 26.7. The molecule has 0 saturated heterocycles. The third-order valence-corrected chi connectivity index (χ3v) is 14.2. The SMILES string of the molecule is CSc1ccc(Nc2nc(Nc3ccc(C)cc3)nc(Nc3ccc(SC)cc3)n2)cc1.[C-]#[N+]c1ccc(-c2ccc(Nc3nc(Nc4ccc(-c5ccc(C#N)cc5)cc4)nc(Nc4ccc(-c5ccc(C#N)cc5)cc4)n3)cc2)cc1. The average Bonchev–Trinajstić information content (AvgIpc) is 3.59. The van der Waals surface area contributed by atoms with E-state index in [0.29, 0.717) is 52.5 Å². The monoisotopic (exact) mass is 1120 g/mol. The molecule has 6 N–H and O–H groups in total. The van der Waals surface area contributed by atoms with E-state index in [2.05, 4.69) is 122 Å². The first-order chi connectivity index (χ1) is 40.6. The van der Waals surface area contributed by atoms with Gasteiger partial charge in [0.2, 0.25) is 35.7 Å². The molecular formula is C66H51N15S2. The molecule has 17 heteroatoms. The Hall–Kier alpha value is -11.0. The Bertz CT molecular complexity index is 3730. The maximum atomic E-state index is 9.12. The summed E-state index contributed by atoms with van der Waals surface area (Å²) in [7, 11) is 0.